The fourth-order valence-electron chi connectivity index (χ4n) is 1.38. The van der Waals surface area contributed by atoms with E-state index in [0.717, 1.165) is 0 Å². The van der Waals surface area contributed by atoms with Gasteiger partial charge in [0.05, 0.1) is 0 Å². The molecule has 5 N–H and O–H groups in total. The van der Waals surface area contributed by atoms with E-state index in [2.05, 4.69) is 0 Å². The molecule has 1 aliphatic rings. The van der Waals surface area contributed by atoms with Crippen LogP contribution in [0.25, 0.3) is 0 Å². The van der Waals surface area contributed by atoms with Crippen LogP contribution in [0.2, 0.25) is 0 Å². The molecule has 0 aromatic rings. The highest BCUT2D eigenvalue weighted by Crippen LogP contribution is 2.15. The molecule has 3 amide bonds. The van der Waals surface area contributed by atoms with E-state index in [0.29, 0.717) is 25.9 Å². The number of halogens is 3. The lowest BCUT2D eigenvalue weighted by atomic mass is 9.97. The molecule has 1 heterocycles. The highest BCUT2D eigenvalue weighted by molar-refractivity contribution is 5.77. The molecule has 0 bridgehead atoms. The lowest BCUT2D eigenvalue weighted by Gasteiger charge is -2.28. The van der Waals surface area contributed by atoms with Gasteiger partial charge in [-0.15, -0.1) is 0 Å². The molecular formula is C9H14F3N3O4. The average Bonchev–Trinajstić information content (AvgIpc) is 2.28. The van der Waals surface area contributed by atoms with E-state index >= 15 is 0 Å². The van der Waals surface area contributed by atoms with Crippen LogP contribution in [0.15, 0.2) is 0 Å². The highest BCUT2D eigenvalue weighted by atomic mass is 19.4. The van der Waals surface area contributed by atoms with Gasteiger partial charge < -0.3 is 21.5 Å². The van der Waals surface area contributed by atoms with Gasteiger partial charge in [-0.25, -0.2) is 9.59 Å². The van der Waals surface area contributed by atoms with Crippen molar-refractivity contribution in [3.63, 3.8) is 0 Å². The van der Waals surface area contributed by atoms with Crippen molar-refractivity contribution >= 4 is 17.9 Å². The molecule has 0 aliphatic carbocycles. The molecule has 19 heavy (non-hydrogen) atoms. The van der Waals surface area contributed by atoms with Crippen LogP contribution >= 0.6 is 0 Å². The molecule has 0 aromatic heterocycles. The van der Waals surface area contributed by atoms with Crippen molar-refractivity contribution in [3.8, 4) is 0 Å². The zero-order valence-corrected chi connectivity index (χ0v) is 9.81. The zero-order chi connectivity index (χ0) is 15.2. The Bertz CT molecular complexity index is 329. The Morgan fingerprint density at radius 2 is 1.47 bits per heavy atom. The van der Waals surface area contributed by atoms with Gasteiger partial charge in [-0.1, -0.05) is 0 Å². The number of hydrogen-bond donors (Lipinski definition) is 3. The van der Waals surface area contributed by atoms with Crippen LogP contribution in [-0.2, 0) is 9.59 Å². The second kappa shape index (κ2) is 6.81. The molecule has 10 heteroatoms. The van der Waals surface area contributed by atoms with Gasteiger partial charge >= 0.3 is 18.2 Å². The number of nitrogens with zero attached hydrogens (tertiary/aromatic N) is 1. The van der Waals surface area contributed by atoms with E-state index in [1.807, 2.05) is 0 Å². The Kier molecular flexibility index (Phi) is 6.09. The number of likely N-dealkylation sites (tertiary alicyclic amines) is 1. The first-order chi connectivity index (χ1) is 8.55. The Morgan fingerprint density at radius 3 is 1.68 bits per heavy atom. The van der Waals surface area contributed by atoms with Gasteiger partial charge in [-0.3, -0.25) is 4.79 Å². The summed E-state index contributed by atoms with van der Waals surface area (Å²) in [5.41, 5.74) is 10.2. The smallest absolute Gasteiger partial charge is 0.475 e. The number of piperidine rings is 1. The van der Waals surface area contributed by atoms with Gasteiger partial charge in [-0.2, -0.15) is 13.2 Å². The molecule has 0 atom stereocenters. The molecule has 110 valence electrons. The van der Waals surface area contributed by atoms with Gasteiger partial charge in [-0.05, 0) is 12.8 Å². The molecule has 0 spiro atoms. The monoisotopic (exact) mass is 285 g/mol. The van der Waals surface area contributed by atoms with Gasteiger partial charge in [0.15, 0.2) is 0 Å². The number of rotatable bonds is 1. The number of nitrogens with two attached hydrogens (primary N) is 2. The maximum absolute atomic E-state index is 10.7. The van der Waals surface area contributed by atoms with Crippen molar-refractivity contribution in [1.29, 1.82) is 0 Å². The normalized spacial score (nSPS) is 16.3. The summed E-state index contributed by atoms with van der Waals surface area (Å²) in [6, 6.07) is -0.419. The van der Waals surface area contributed by atoms with Crippen LogP contribution in [0.1, 0.15) is 12.8 Å². The Morgan fingerprint density at radius 1 is 1.11 bits per heavy atom. The summed E-state index contributed by atoms with van der Waals surface area (Å²) in [5, 5.41) is 7.12. The first-order valence-corrected chi connectivity index (χ1v) is 5.19. The molecule has 7 nitrogen and oxygen atoms in total. The average molecular weight is 285 g/mol. The van der Waals surface area contributed by atoms with Crippen molar-refractivity contribution in [1.82, 2.24) is 4.90 Å². The van der Waals surface area contributed by atoms with Gasteiger partial charge in [0.2, 0.25) is 5.91 Å². The minimum Gasteiger partial charge on any atom is -0.475 e. The van der Waals surface area contributed by atoms with E-state index in [4.69, 9.17) is 21.4 Å². The molecule has 0 radical (unpaired) electrons. The summed E-state index contributed by atoms with van der Waals surface area (Å²) in [6.07, 6.45) is -3.81. The minimum atomic E-state index is -5.08. The van der Waals surface area contributed by atoms with Crippen molar-refractivity contribution in [3.05, 3.63) is 0 Å². The summed E-state index contributed by atoms with van der Waals surface area (Å²) in [6.45, 7) is 1.09. The van der Waals surface area contributed by atoms with Crippen LogP contribution in [0.4, 0.5) is 18.0 Å². The lowest BCUT2D eigenvalue weighted by Crippen LogP contribution is -2.44. The third-order valence-electron chi connectivity index (χ3n) is 2.45. The van der Waals surface area contributed by atoms with E-state index < -0.39 is 18.2 Å². The van der Waals surface area contributed by atoms with Crippen molar-refractivity contribution in [2.24, 2.45) is 17.4 Å². The summed E-state index contributed by atoms with van der Waals surface area (Å²) in [7, 11) is 0. The Hall–Kier alpha value is -2.00. The van der Waals surface area contributed by atoms with E-state index in [9.17, 15) is 22.8 Å². The number of aliphatic carboxylic acids is 1. The number of alkyl halides is 3. The summed E-state index contributed by atoms with van der Waals surface area (Å²) < 4.78 is 31.7. The quantitative estimate of drug-likeness (QED) is 0.621. The molecular weight excluding hydrogens is 271 g/mol. The first-order valence-electron chi connectivity index (χ1n) is 5.19. The number of carboxylic acid groups (broad SMARTS) is 1. The number of amides is 3. The molecule has 0 aromatic carbocycles. The van der Waals surface area contributed by atoms with Crippen LogP contribution in [-0.4, -0.2) is 47.2 Å². The predicted octanol–water partition coefficient (Wildman–Crippen LogP) is -0.104. The second-order valence-corrected chi connectivity index (χ2v) is 3.80. The molecule has 1 fully saturated rings. The maximum Gasteiger partial charge on any atom is 0.490 e. The number of hydrogen-bond acceptors (Lipinski definition) is 3. The van der Waals surface area contributed by atoms with Crippen molar-refractivity contribution in [2.45, 2.75) is 19.0 Å². The fourth-order valence-corrected chi connectivity index (χ4v) is 1.38. The number of primary amides is 2. The van der Waals surface area contributed by atoms with Crippen LogP contribution < -0.4 is 11.5 Å². The Balaban J connectivity index is 0.000000399. The number of urea groups is 1. The number of carbonyl (C=O) groups excluding carboxylic acids is 2. The Labute approximate surface area is 106 Å². The van der Waals surface area contributed by atoms with E-state index in [1.54, 1.807) is 0 Å². The number of carboxylic acids is 1. The third kappa shape index (κ3) is 6.48. The predicted molar refractivity (Wildman–Crippen MR) is 56.8 cm³/mol. The topological polar surface area (TPSA) is 127 Å². The molecule has 1 aliphatic heterocycles. The van der Waals surface area contributed by atoms with Crippen LogP contribution in [0.3, 0.4) is 0 Å². The second-order valence-electron chi connectivity index (χ2n) is 3.80. The summed E-state index contributed by atoms with van der Waals surface area (Å²) in [5.74, 6) is -3.12. The molecule has 1 saturated heterocycles. The number of carbonyl (C=O) groups is 3. The standard InChI is InChI=1S/C7H13N3O2.C2HF3O2/c8-6(11)5-1-3-10(4-2-5)7(9)12;3-2(4,5)1(6)7/h5H,1-4H2,(H2,8,11)(H2,9,12);(H,6,7). The van der Waals surface area contributed by atoms with Crippen molar-refractivity contribution in [2.75, 3.05) is 13.1 Å². The van der Waals surface area contributed by atoms with Crippen LogP contribution in [0, 0.1) is 5.92 Å². The van der Waals surface area contributed by atoms with Gasteiger partial charge in [0.1, 0.15) is 0 Å². The molecule has 0 saturated carbocycles. The SMILES string of the molecule is NC(=O)C1CCN(C(N)=O)CC1.O=C(O)C(F)(F)F. The van der Waals surface area contributed by atoms with Gasteiger partial charge in [0.25, 0.3) is 0 Å². The largest absolute Gasteiger partial charge is 0.490 e. The van der Waals surface area contributed by atoms with E-state index in [1.165, 1.54) is 4.90 Å². The lowest BCUT2D eigenvalue weighted by molar-refractivity contribution is -0.192. The minimum absolute atomic E-state index is 0.0828. The molecule has 1 rings (SSSR count). The summed E-state index contributed by atoms with van der Waals surface area (Å²) >= 11 is 0. The zero-order valence-electron chi connectivity index (χ0n) is 9.81. The first kappa shape index (κ1) is 17.0. The third-order valence-corrected chi connectivity index (χ3v) is 2.45. The molecule has 0 unspecified atom stereocenters. The van der Waals surface area contributed by atoms with Crippen molar-refractivity contribution < 1.29 is 32.7 Å². The summed E-state index contributed by atoms with van der Waals surface area (Å²) in [4.78, 5) is 31.8. The van der Waals surface area contributed by atoms with E-state index in [-0.39, 0.29) is 11.8 Å². The fraction of sp³-hybridized carbons (Fsp3) is 0.667. The van der Waals surface area contributed by atoms with Crippen LogP contribution in [0.5, 0.6) is 0 Å². The highest BCUT2D eigenvalue weighted by Gasteiger charge is 2.38. The maximum atomic E-state index is 10.7. The van der Waals surface area contributed by atoms with Gasteiger partial charge in [0, 0.05) is 19.0 Å².